The quantitative estimate of drug-likeness (QED) is 0.895. The maximum absolute atomic E-state index is 4.53. The summed E-state index contributed by atoms with van der Waals surface area (Å²) in [7, 11) is 1.98. The second kappa shape index (κ2) is 5.67. The molecule has 0 fully saturated rings. The second-order valence-corrected chi connectivity index (χ2v) is 5.97. The number of hydrogen-bond acceptors (Lipinski definition) is 3. The van der Waals surface area contributed by atoms with Crippen molar-refractivity contribution in [1.29, 1.82) is 0 Å². The summed E-state index contributed by atoms with van der Waals surface area (Å²) in [5, 5.41) is 10.2. The minimum absolute atomic E-state index is 0.394. The molecular weight excluding hydrogens is 242 g/mol. The van der Waals surface area contributed by atoms with Gasteiger partial charge in [-0.1, -0.05) is 19.9 Å². The fourth-order valence-electron chi connectivity index (χ4n) is 2.08. The molecule has 1 N–H and O–H groups in total. The molecule has 0 aliphatic heterocycles. The largest absolute Gasteiger partial charge is 0.305 e. The predicted molar refractivity (Wildman–Crippen MR) is 76.9 cm³/mol. The Bertz CT molecular complexity index is 485. The first-order valence-electron chi connectivity index (χ1n) is 6.37. The van der Waals surface area contributed by atoms with Crippen LogP contribution in [0.1, 0.15) is 48.9 Å². The lowest BCUT2D eigenvalue weighted by Gasteiger charge is -2.12. The molecule has 0 aliphatic carbocycles. The van der Waals surface area contributed by atoms with Gasteiger partial charge < -0.3 is 5.32 Å². The zero-order valence-corrected chi connectivity index (χ0v) is 12.3. The topological polar surface area (TPSA) is 29.9 Å². The van der Waals surface area contributed by atoms with Crippen LogP contribution in [0.2, 0.25) is 0 Å². The molecule has 2 aromatic rings. The number of aromatic nitrogens is 2. The highest BCUT2D eigenvalue weighted by Crippen LogP contribution is 2.21. The van der Waals surface area contributed by atoms with E-state index in [1.165, 1.54) is 16.1 Å². The van der Waals surface area contributed by atoms with Crippen LogP contribution in [0.5, 0.6) is 0 Å². The monoisotopic (exact) mass is 263 g/mol. The lowest BCUT2D eigenvalue weighted by atomic mass is 10.1. The van der Waals surface area contributed by atoms with Gasteiger partial charge in [0.2, 0.25) is 0 Å². The van der Waals surface area contributed by atoms with E-state index in [9.17, 15) is 0 Å². The highest BCUT2D eigenvalue weighted by molar-refractivity contribution is 7.10. The summed E-state index contributed by atoms with van der Waals surface area (Å²) in [6.45, 7) is 7.46. The van der Waals surface area contributed by atoms with Crippen LogP contribution in [0.3, 0.4) is 0 Å². The van der Waals surface area contributed by atoms with Gasteiger partial charge in [0.25, 0.3) is 0 Å². The van der Waals surface area contributed by atoms with Gasteiger partial charge in [0.05, 0.1) is 5.69 Å². The van der Waals surface area contributed by atoms with E-state index in [0.717, 1.165) is 6.54 Å². The maximum atomic E-state index is 4.53. The van der Waals surface area contributed by atoms with Crippen molar-refractivity contribution < 1.29 is 0 Å². The average molecular weight is 263 g/mol. The molecule has 18 heavy (non-hydrogen) atoms. The Hall–Kier alpha value is -1.13. The number of nitrogens with one attached hydrogen (secondary N) is 1. The molecule has 0 aliphatic rings. The SMILES string of the molecule is CC(C)c1nn(C)cc1CNC(C)c1cccs1. The number of aryl methyl sites for hydroxylation is 1. The molecule has 0 saturated carbocycles. The molecule has 0 spiro atoms. The number of thiophene rings is 1. The minimum Gasteiger partial charge on any atom is -0.305 e. The molecule has 1 unspecified atom stereocenters. The lowest BCUT2D eigenvalue weighted by Crippen LogP contribution is -2.17. The highest BCUT2D eigenvalue weighted by Gasteiger charge is 2.12. The van der Waals surface area contributed by atoms with Crippen LogP contribution >= 0.6 is 11.3 Å². The van der Waals surface area contributed by atoms with Crippen LogP contribution in [0.15, 0.2) is 23.7 Å². The van der Waals surface area contributed by atoms with Crippen LogP contribution in [0.4, 0.5) is 0 Å². The van der Waals surface area contributed by atoms with E-state index in [1.807, 2.05) is 11.7 Å². The molecule has 2 rings (SSSR count). The molecule has 0 bridgehead atoms. The van der Waals surface area contributed by atoms with Crippen molar-refractivity contribution in [2.24, 2.45) is 7.05 Å². The van der Waals surface area contributed by atoms with Crippen molar-refractivity contribution in [3.05, 3.63) is 39.8 Å². The van der Waals surface area contributed by atoms with Crippen LogP contribution in [-0.4, -0.2) is 9.78 Å². The van der Waals surface area contributed by atoms with Crippen LogP contribution in [0, 0.1) is 0 Å². The van der Waals surface area contributed by atoms with E-state index >= 15 is 0 Å². The van der Waals surface area contributed by atoms with Crippen molar-refractivity contribution in [1.82, 2.24) is 15.1 Å². The Morgan fingerprint density at radius 2 is 2.17 bits per heavy atom. The lowest BCUT2D eigenvalue weighted by molar-refractivity contribution is 0.578. The van der Waals surface area contributed by atoms with Crippen LogP contribution in [-0.2, 0) is 13.6 Å². The smallest absolute Gasteiger partial charge is 0.0694 e. The van der Waals surface area contributed by atoms with E-state index in [1.54, 1.807) is 11.3 Å². The molecule has 98 valence electrons. The summed E-state index contributed by atoms with van der Waals surface area (Å²) >= 11 is 1.80. The van der Waals surface area contributed by atoms with Gasteiger partial charge in [-0.2, -0.15) is 5.10 Å². The second-order valence-electron chi connectivity index (χ2n) is 4.99. The van der Waals surface area contributed by atoms with E-state index in [4.69, 9.17) is 0 Å². The Morgan fingerprint density at radius 1 is 1.39 bits per heavy atom. The number of hydrogen-bond donors (Lipinski definition) is 1. The molecule has 0 amide bonds. The standard InChI is InChI=1S/C14H21N3S/c1-10(2)14-12(9-17(4)16-14)8-15-11(3)13-6-5-7-18-13/h5-7,9-11,15H,8H2,1-4H3. The molecular formula is C14H21N3S. The van der Waals surface area contributed by atoms with Gasteiger partial charge in [-0.15, -0.1) is 11.3 Å². The number of nitrogens with zero attached hydrogens (tertiary/aromatic N) is 2. The predicted octanol–water partition coefficient (Wildman–Crippen LogP) is 3.46. The Kier molecular flexibility index (Phi) is 4.19. The summed E-state index contributed by atoms with van der Waals surface area (Å²) < 4.78 is 1.90. The summed E-state index contributed by atoms with van der Waals surface area (Å²) in [5.41, 5.74) is 2.50. The third kappa shape index (κ3) is 3.00. The van der Waals surface area contributed by atoms with Gasteiger partial charge in [-0.3, -0.25) is 4.68 Å². The Morgan fingerprint density at radius 3 is 2.78 bits per heavy atom. The molecule has 1 atom stereocenters. The van der Waals surface area contributed by atoms with E-state index in [-0.39, 0.29) is 0 Å². The summed E-state index contributed by atoms with van der Waals surface area (Å²) in [4.78, 5) is 1.38. The van der Waals surface area contributed by atoms with Gasteiger partial charge in [0.1, 0.15) is 0 Å². The number of rotatable bonds is 5. The van der Waals surface area contributed by atoms with Crippen LogP contribution in [0.25, 0.3) is 0 Å². The third-order valence-corrected chi connectivity index (χ3v) is 4.11. The van der Waals surface area contributed by atoms with Gasteiger partial charge in [0, 0.05) is 36.3 Å². The van der Waals surface area contributed by atoms with Crippen molar-refractivity contribution in [2.45, 2.75) is 39.3 Å². The molecule has 4 heteroatoms. The fraction of sp³-hybridized carbons (Fsp3) is 0.500. The molecule has 2 aromatic heterocycles. The first kappa shape index (κ1) is 13.3. The van der Waals surface area contributed by atoms with Crippen molar-refractivity contribution in [3.8, 4) is 0 Å². The summed E-state index contributed by atoms with van der Waals surface area (Å²) in [5.74, 6) is 0.472. The highest BCUT2D eigenvalue weighted by atomic mass is 32.1. The van der Waals surface area contributed by atoms with Crippen molar-refractivity contribution in [3.63, 3.8) is 0 Å². The molecule has 0 radical (unpaired) electrons. The first-order chi connectivity index (χ1) is 8.58. The minimum atomic E-state index is 0.394. The van der Waals surface area contributed by atoms with Crippen molar-refractivity contribution in [2.75, 3.05) is 0 Å². The van der Waals surface area contributed by atoms with Gasteiger partial charge >= 0.3 is 0 Å². The van der Waals surface area contributed by atoms with E-state index in [2.05, 4.69) is 54.9 Å². The normalized spacial score (nSPS) is 13.2. The van der Waals surface area contributed by atoms with Gasteiger partial charge in [0.15, 0.2) is 0 Å². The first-order valence-corrected chi connectivity index (χ1v) is 7.25. The summed E-state index contributed by atoms with van der Waals surface area (Å²) in [6, 6.07) is 4.67. The molecule has 0 saturated heterocycles. The third-order valence-electron chi connectivity index (χ3n) is 3.05. The molecule has 2 heterocycles. The van der Waals surface area contributed by atoms with Crippen LogP contribution < -0.4 is 5.32 Å². The molecule has 0 aromatic carbocycles. The van der Waals surface area contributed by atoms with Gasteiger partial charge in [-0.25, -0.2) is 0 Å². The summed E-state index contributed by atoms with van der Waals surface area (Å²) in [6.07, 6.45) is 2.11. The molecule has 3 nitrogen and oxygen atoms in total. The zero-order valence-electron chi connectivity index (χ0n) is 11.5. The van der Waals surface area contributed by atoms with E-state index < -0.39 is 0 Å². The Balaban J connectivity index is 2.02. The van der Waals surface area contributed by atoms with Crippen molar-refractivity contribution >= 4 is 11.3 Å². The zero-order chi connectivity index (χ0) is 13.1. The maximum Gasteiger partial charge on any atom is 0.0694 e. The Labute approximate surface area is 113 Å². The van der Waals surface area contributed by atoms with E-state index in [0.29, 0.717) is 12.0 Å². The fourth-order valence-corrected chi connectivity index (χ4v) is 2.84. The average Bonchev–Trinajstić information content (AvgIpc) is 2.94. The van der Waals surface area contributed by atoms with Gasteiger partial charge in [-0.05, 0) is 24.3 Å².